The highest BCUT2D eigenvalue weighted by molar-refractivity contribution is 6.74. The van der Waals surface area contributed by atoms with Crippen molar-refractivity contribution < 1.29 is 37.3 Å². The molecule has 270 valence electrons. The maximum atomic E-state index is 12.7. The summed E-state index contributed by atoms with van der Waals surface area (Å²) in [7, 11) is 0.331. The van der Waals surface area contributed by atoms with Gasteiger partial charge in [-0.1, -0.05) is 71.4 Å². The highest BCUT2D eigenvalue weighted by Crippen LogP contribution is 2.40. The zero-order chi connectivity index (χ0) is 36.2. The quantitative estimate of drug-likeness (QED) is 0.0815. The molecule has 48 heavy (non-hydrogen) atoms. The first-order chi connectivity index (χ1) is 22.3. The van der Waals surface area contributed by atoms with Crippen LogP contribution in [-0.2, 0) is 41.1 Å². The molecule has 0 aliphatic heterocycles. The van der Waals surface area contributed by atoms with Gasteiger partial charge in [-0.2, -0.15) is 0 Å². The van der Waals surface area contributed by atoms with Gasteiger partial charge >= 0.3 is 5.97 Å². The summed E-state index contributed by atoms with van der Waals surface area (Å²) in [6, 6.07) is 15.7. The Balaban J connectivity index is 2.34. The second-order valence-corrected chi connectivity index (χ2v) is 25.0. The average Bonchev–Trinajstić information content (AvgIpc) is 3.00. The monoisotopic (exact) mass is 702 g/mol. The molecule has 0 saturated carbocycles. The summed E-state index contributed by atoms with van der Waals surface area (Å²) in [5.41, 5.74) is 2.98. The van der Waals surface area contributed by atoms with Crippen LogP contribution in [0.25, 0.3) is 0 Å². The fourth-order valence-corrected chi connectivity index (χ4v) is 7.20. The molecule has 0 bridgehead atoms. The van der Waals surface area contributed by atoms with Crippen molar-refractivity contribution in [2.45, 2.75) is 116 Å². The smallest absolute Gasteiger partial charge is 0.330 e. The highest BCUT2D eigenvalue weighted by Gasteiger charge is 2.41. The number of benzene rings is 2. The van der Waals surface area contributed by atoms with Crippen LogP contribution >= 0.6 is 0 Å². The molecule has 0 aliphatic rings. The minimum Gasteiger partial charge on any atom is -0.497 e. The third-order valence-corrected chi connectivity index (χ3v) is 18.6. The number of hydrogen-bond acceptors (Lipinski definition) is 8. The number of rotatable bonds is 19. The molecule has 0 aromatic heterocycles. The molecule has 10 heteroatoms. The van der Waals surface area contributed by atoms with Crippen molar-refractivity contribution in [1.82, 2.24) is 0 Å². The first kappa shape index (κ1) is 41.7. The maximum Gasteiger partial charge on any atom is 0.330 e. The standard InChI is InChI=1S/C38H62O8Si2/c1-37(2,3)47(10,11)45-34(27-43-25-29-14-18-32(40-7)19-15-29)22-31(24-36(39)42-9)23-35(46-48(12,13)38(4,5)6)28-44-26-30-16-20-33(41-8)21-17-30/h14-21,24,34-35H,22-23,25-28H2,1-13H3/t34-,35-/m1/s1. The number of esters is 1. The zero-order valence-electron chi connectivity index (χ0n) is 31.9. The van der Waals surface area contributed by atoms with E-state index < -0.39 is 22.6 Å². The van der Waals surface area contributed by atoms with Gasteiger partial charge in [0.25, 0.3) is 0 Å². The van der Waals surface area contributed by atoms with Crippen LogP contribution in [0.3, 0.4) is 0 Å². The van der Waals surface area contributed by atoms with Gasteiger partial charge < -0.3 is 32.5 Å². The lowest BCUT2D eigenvalue weighted by atomic mass is 10.0. The first-order valence-electron chi connectivity index (χ1n) is 16.8. The molecular weight excluding hydrogens is 641 g/mol. The fourth-order valence-electron chi connectivity index (χ4n) is 4.53. The molecule has 0 amide bonds. The molecule has 2 aromatic carbocycles. The molecule has 0 aliphatic carbocycles. The Bertz CT molecular complexity index is 1190. The summed E-state index contributed by atoms with van der Waals surface area (Å²) in [6.45, 7) is 23.9. The summed E-state index contributed by atoms with van der Waals surface area (Å²) in [6.07, 6.45) is 2.06. The van der Waals surface area contributed by atoms with E-state index in [1.54, 1.807) is 20.3 Å². The Morgan fingerprint density at radius 2 is 1.00 bits per heavy atom. The molecule has 8 nitrogen and oxygen atoms in total. The van der Waals surface area contributed by atoms with E-state index in [0.29, 0.717) is 39.3 Å². The Kier molecular flexibility index (Phi) is 16.1. The minimum atomic E-state index is -2.19. The topological polar surface area (TPSA) is 81.7 Å². The van der Waals surface area contributed by atoms with E-state index in [0.717, 1.165) is 28.2 Å². The largest absolute Gasteiger partial charge is 0.497 e. The summed E-state index contributed by atoms with van der Waals surface area (Å²) in [5, 5.41) is -0.00648. The minimum absolute atomic E-state index is 0.00324. The molecule has 2 rings (SSSR count). The second kappa shape index (κ2) is 18.5. The van der Waals surface area contributed by atoms with Gasteiger partial charge in [0.05, 0.1) is 60.0 Å². The van der Waals surface area contributed by atoms with Crippen LogP contribution in [0.4, 0.5) is 0 Å². The third kappa shape index (κ3) is 13.8. The van der Waals surface area contributed by atoms with Crippen LogP contribution < -0.4 is 9.47 Å². The average molecular weight is 703 g/mol. The Hall–Kier alpha value is -2.48. The van der Waals surface area contributed by atoms with E-state index in [1.807, 2.05) is 48.5 Å². The maximum absolute atomic E-state index is 12.7. The van der Waals surface area contributed by atoms with Gasteiger partial charge in [0.2, 0.25) is 0 Å². The number of carbonyl (C=O) groups excluding carboxylic acids is 1. The number of carbonyl (C=O) groups is 1. The molecule has 0 fully saturated rings. The van der Waals surface area contributed by atoms with Crippen LogP contribution in [-0.4, -0.2) is 69.4 Å². The van der Waals surface area contributed by atoms with Crippen molar-refractivity contribution in [3.63, 3.8) is 0 Å². The van der Waals surface area contributed by atoms with Gasteiger partial charge in [-0.25, -0.2) is 4.79 Å². The molecule has 0 saturated heterocycles. The van der Waals surface area contributed by atoms with Crippen LogP contribution in [0, 0.1) is 0 Å². The molecule has 0 N–H and O–H groups in total. The normalized spacial score (nSPS) is 13.9. The molecule has 0 radical (unpaired) electrons. The molecular formula is C38H62O8Si2. The van der Waals surface area contributed by atoms with Crippen LogP contribution in [0.15, 0.2) is 60.2 Å². The van der Waals surface area contributed by atoms with Gasteiger partial charge in [0.1, 0.15) is 11.5 Å². The number of ether oxygens (including phenoxy) is 5. The lowest BCUT2D eigenvalue weighted by molar-refractivity contribution is -0.134. The summed E-state index contributed by atoms with van der Waals surface area (Å²) in [5.74, 6) is 1.20. The SMILES string of the molecule is COC(=O)C=C(C[C@H](COCc1ccc(OC)cc1)O[Si](C)(C)C(C)(C)C)C[C@H](COCc1ccc(OC)cc1)O[Si](C)(C)C(C)(C)C. The molecule has 2 aromatic rings. The highest BCUT2D eigenvalue weighted by atomic mass is 28.4. The number of hydrogen-bond donors (Lipinski definition) is 0. The first-order valence-corrected chi connectivity index (χ1v) is 22.7. The lowest BCUT2D eigenvalue weighted by Crippen LogP contribution is -2.46. The second-order valence-electron chi connectivity index (χ2n) is 15.5. The van der Waals surface area contributed by atoms with E-state index in [1.165, 1.54) is 7.11 Å². The van der Waals surface area contributed by atoms with E-state index in [-0.39, 0.29) is 22.3 Å². The Labute approximate surface area is 292 Å². The zero-order valence-corrected chi connectivity index (χ0v) is 33.9. The van der Waals surface area contributed by atoms with Crippen molar-refractivity contribution in [3.8, 4) is 11.5 Å². The van der Waals surface area contributed by atoms with Crippen molar-refractivity contribution in [3.05, 3.63) is 71.3 Å². The van der Waals surface area contributed by atoms with Crippen molar-refractivity contribution in [2.75, 3.05) is 34.5 Å². The van der Waals surface area contributed by atoms with Crippen molar-refractivity contribution in [2.24, 2.45) is 0 Å². The van der Waals surface area contributed by atoms with E-state index in [2.05, 4.69) is 67.7 Å². The van der Waals surface area contributed by atoms with Crippen LogP contribution in [0.1, 0.15) is 65.5 Å². The molecule has 0 spiro atoms. The summed E-state index contributed by atoms with van der Waals surface area (Å²) < 4.78 is 42.1. The van der Waals surface area contributed by atoms with Crippen molar-refractivity contribution in [1.29, 1.82) is 0 Å². The fraction of sp³-hybridized carbons (Fsp3) is 0.605. The third-order valence-electron chi connectivity index (χ3n) is 9.50. The molecule has 0 unspecified atom stereocenters. The molecule has 2 atom stereocenters. The van der Waals surface area contributed by atoms with Gasteiger partial charge in [-0.15, -0.1) is 0 Å². The summed E-state index contributed by atoms with van der Waals surface area (Å²) in [4.78, 5) is 12.7. The van der Waals surface area contributed by atoms with E-state index >= 15 is 0 Å². The Morgan fingerprint density at radius 1 is 0.646 bits per heavy atom. The van der Waals surface area contributed by atoms with Crippen molar-refractivity contribution >= 4 is 22.6 Å². The predicted octanol–water partition coefficient (Wildman–Crippen LogP) is 9.10. The van der Waals surface area contributed by atoms with Crippen LogP contribution in [0.5, 0.6) is 11.5 Å². The van der Waals surface area contributed by atoms with Gasteiger partial charge in [-0.3, -0.25) is 0 Å². The lowest BCUT2D eigenvalue weighted by Gasteiger charge is -2.40. The van der Waals surface area contributed by atoms with E-state index in [4.69, 9.17) is 32.5 Å². The molecule has 0 heterocycles. The summed E-state index contributed by atoms with van der Waals surface area (Å²) >= 11 is 0. The Morgan fingerprint density at radius 3 is 1.29 bits per heavy atom. The van der Waals surface area contributed by atoms with Gasteiger partial charge in [0.15, 0.2) is 16.6 Å². The van der Waals surface area contributed by atoms with Gasteiger partial charge in [0, 0.05) is 6.08 Å². The van der Waals surface area contributed by atoms with Crippen LogP contribution in [0.2, 0.25) is 36.3 Å². The van der Waals surface area contributed by atoms with Gasteiger partial charge in [-0.05, 0) is 84.5 Å². The number of methoxy groups -OCH3 is 3. The van der Waals surface area contributed by atoms with E-state index in [9.17, 15) is 4.79 Å². The predicted molar refractivity (Wildman–Crippen MR) is 199 cm³/mol.